The van der Waals surface area contributed by atoms with Crippen molar-refractivity contribution in [1.29, 1.82) is 0 Å². The third-order valence-corrected chi connectivity index (χ3v) is 4.79. The third-order valence-electron chi connectivity index (χ3n) is 3.95. The molecule has 0 saturated carbocycles. The van der Waals surface area contributed by atoms with Crippen LogP contribution < -0.4 is 5.73 Å². The molecule has 0 bridgehead atoms. The first-order valence-corrected chi connectivity index (χ1v) is 8.95. The highest BCUT2D eigenvalue weighted by atomic mass is 31.2. The molecule has 132 valence electrons. The summed E-state index contributed by atoms with van der Waals surface area (Å²) in [5.74, 6) is 0.212. The third kappa shape index (κ3) is 3.14. The van der Waals surface area contributed by atoms with Crippen LogP contribution in [-0.2, 0) is 14.0 Å². The van der Waals surface area contributed by atoms with Crippen molar-refractivity contribution < 1.29 is 28.9 Å². The molecule has 1 saturated heterocycles. The zero-order valence-electron chi connectivity index (χ0n) is 12.8. The van der Waals surface area contributed by atoms with E-state index in [4.69, 9.17) is 25.0 Å². The molecule has 2 aromatic rings. The van der Waals surface area contributed by atoms with Crippen LogP contribution in [-0.4, -0.2) is 66.0 Å². The molecule has 1 fully saturated rings. The average molecular weight is 359 g/mol. The van der Waals surface area contributed by atoms with Crippen LogP contribution in [0, 0.1) is 0 Å². The Morgan fingerprint density at radius 1 is 1.42 bits per heavy atom. The summed E-state index contributed by atoms with van der Waals surface area (Å²) < 4.78 is 23.7. The second-order valence-corrected chi connectivity index (χ2v) is 7.29. The van der Waals surface area contributed by atoms with Gasteiger partial charge in [0.15, 0.2) is 17.7 Å². The molecule has 24 heavy (non-hydrogen) atoms. The highest BCUT2D eigenvalue weighted by Gasteiger charge is 2.45. The minimum atomic E-state index is -4.19. The topological polar surface area (TPSA) is 166 Å². The maximum Gasteiger partial charge on any atom is 0.325 e. The number of imidazole rings is 1. The molecule has 12 heteroatoms. The number of nitrogens with two attached hydrogens (primary N) is 1. The summed E-state index contributed by atoms with van der Waals surface area (Å²) in [6.07, 6.45) is -1.01. The molecular weight excluding hydrogens is 341 g/mol. The Morgan fingerprint density at radius 2 is 2.17 bits per heavy atom. The standard InChI is InChI=1S/C12H18N5O6P/c1-22-9-8(18)6(2-3-24(19,20)21)23-12(9)17-5-16-7-10(13)14-4-15-11(7)17/h4-6,8-9,12,18H,2-3H2,1H3,(H2,13,14,15)(H2,19,20,21)/t6-,8-,9-,12-/m1/s1. The lowest BCUT2D eigenvalue weighted by Gasteiger charge is -2.19. The Hall–Kier alpha value is -1.62. The summed E-state index contributed by atoms with van der Waals surface area (Å²) in [5.41, 5.74) is 6.56. The molecule has 0 aromatic carbocycles. The van der Waals surface area contributed by atoms with Gasteiger partial charge in [-0.15, -0.1) is 0 Å². The number of aromatic nitrogens is 4. The second kappa shape index (κ2) is 6.36. The highest BCUT2D eigenvalue weighted by molar-refractivity contribution is 7.51. The molecule has 0 aliphatic carbocycles. The van der Waals surface area contributed by atoms with Crippen LogP contribution in [0.4, 0.5) is 5.82 Å². The van der Waals surface area contributed by atoms with Crippen LogP contribution in [0.3, 0.4) is 0 Å². The number of nitrogen functional groups attached to an aromatic ring is 1. The number of rotatable bonds is 5. The van der Waals surface area contributed by atoms with Crippen LogP contribution in [0.5, 0.6) is 0 Å². The van der Waals surface area contributed by atoms with Crippen molar-refractivity contribution in [2.75, 3.05) is 19.0 Å². The zero-order chi connectivity index (χ0) is 17.5. The van der Waals surface area contributed by atoms with E-state index in [0.717, 1.165) is 0 Å². The summed E-state index contributed by atoms with van der Waals surface area (Å²) in [6, 6.07) is 0. The van der Waals surface area contributed by atoms with Gasteiger partial charge >= 0.3 is 7.60 Å². The van der Waals surface area contributed by atoms with Gasteiger partial charge in [0.2, 0.25) is 0 Å². The predicted octanol–water partition coefficient (Wildman–Crippen LogP) is -0.750. The molecule has 0 amide bonds. The van der Waals surface area contributed by atoms with E-state index in [9.17, 15) is 9.67 Å². The van der Waals surface area contributed by atoms with E-state index in [2.05, 4.69) is 15.0 Å². The van der Waals surface area contributed by atoms with Crippen LogP contribution in [0.2, 0.25) is 0 Å². The van der Waals surface area contributed by atoms with E-state index in [1.165, 1.54) is 19.8 Å². The Morgan fingerprint density at radius 3 is 2.83 bits per heavy atom. The molecule has 0 unspecified atom stereocenters. The number of hydrogen-bond donors (Lipinski definition) is 4. The summed E-state index contributed by atoms with van der Waals surface area (Å²) in [7, 11) is -2.77. The number of methoxy groups -OCH3 is 1. The van der Waals surface area contributed by atoms with Gasteiger partial charge in [-0.25, -0.2) is 15.0 Å². The van der Waals surface area contributed by atoms with Crippen molar-refractivity contribution in [3.63, 3.8) is 0 Å². The number of ether oxygens (including phenoxy) is 2. The number of aliphatic hydroxyl groups is 1. The molecule has 2 aromatic heterocycles. The molecule has 1 aliphatic heterocycles. The van der Waals surface area contributed by atoms with E-state index < -0.39 is 38.3 Å². The molecule has 11 nitrogen and oxygen atoms in total. The normalized spacial score (nSPS) is 27.8. The van der Waals surface area contributed by atoms with Crippen molar-refractivity contribution in [3.05, 3.63) is 12.7 Å². The molecular formula is C12H18N5O6P. The van der Waals surface area contributed by atoms with Crippen molar-refractivity contribution in [2.24, 2.45) is 0 Å². The Balaban J connectivity index is 1.89. The molecule has 0 spiro atoms. The van der Waals surface area contributed by atoms with Crippen molar-refractivity contribution in [1.82, 2.24) is 19.5 Å². The number of nitrogens with zero attached hydrogens (tertiary/aromatic N) is 4. The first kappa shape index (κ1) is 17.2. The van der Waals surface area contributed by atoms with E-state index in [0.29, 0.717) is 11.2 Å². The van der Waals surface area contributed by atoms with Gasteiger partial charge in [-0.05, 0) is 6.42 Å². The van der Waals surface area contributed by atoms with Crippen molar-refractivity contribution in [2.45, 2.75) is 31.0 Å². The smallest absolute Gasteiger partial charge is 0.325 e. The minimum Gasteiger partial charge on any atom is -0.388 e. The van der Waals surface area contributed by atoms with E-state index >= 15 is 0 Å². The van der Waals surface area contributed by atoms with Crippen LogP contribution in [0.25, 0.3) is 11.2 Å². The summed E-state index contributed by atoms with van der Waals surface area (Å²) >= 11 is 0. The Kier molecular flexibility index (Phi) is 4.56. The molecule has 4 atom stereocenters. The fraction of sp³-hybridized carbons (Fsp3) is 0.583. The van der Waals surface area contributed by atoms with Crippen LogP contribution in [0.15, 0.2) is 12.7 Å². The van der Waals surface area contributed by atoms with Crippen molar-refractivity contribution >= 4 is 24.6 Å². The fourth-order valence-corrected chi connectivity index (χ4v) is 3.38. The van der Waals surface area contributed by atoms with Gasteiger partial charge in [-0.2, -0.15) is 0 Å². The highest BCUT2D eigenvalue weighted by Crippen LogP contribution is 2.40. The number of fused-ring (bicyclic) bond motifs is 1. The second-order valence-electron chi connectivity index (χ2n) is 5.52. The van der Waals surface area contributed by atoms with Gasteiger partial charge in [0.1, 0.15) is 24.1 Å². The first-order chi connectivity index (χ1) is 11.3. The van der Waals surface area contributed by atoms with Gasteiger partial charge in [-0.1, -0.05) is 0 Å². The molecule has 5 N–H and O–H groups in total. The lowest BCUT2D eigenvalue weighted by molar-refractivity contribution is -0.0497. The molecule has 3 heterocycles. The largest absolute Gasteiger partial charge is 0.388 e. The number of aliphatic hydroxyl groups excluding tert-OH is 1. The van der Waals surface area contributed by atoms with Gasteiger partial charge < -0.3 is 30.1 Å². The SMILES string of the molecule is CO[C@@H]1[C@H](O)[C@@H](CCP(=O)(O)O)O[C@H]1n1cnc2c(N)ncnc21. The van der Waals surface area contributed by atoms with Gasteiger partial charge in [-0.3, -0.25) is 9.13 Å². The van der Waals surface area contributed by atoms with Crippen LogP contribution in [0.1, 0.15) is 12.6 Å². The summed E-state index contributed by atoms with van der Waals surface area (Å²) in [5, 5.41) is 10.3. The molecule has 3 rings (SSSR count). The average Bonchev–Trinajstić information content (AvgIpc) is 3.06. The van der Waals surface area contributed by atoms with Crippen molar-refractivity contribution in [3.8, 4) is 0 Å². The molecule has 1 aliphatic rings. The summed E-state index contributed by atoms with van der Waals surface area (Å²) in [4.78, 5) is 30.1. The van der Waals surface area contributed by atoms with Gasteiger partial charge in [0.25, 0.3) is 0 Å². The first-order valence-electron chi connectivity index (χ1n) is 7.15. The minimum absolute atomic E-state index is 0.00838. The maximum atomic E-state index is 11.0. The predicted molar refractivity (Wildman–Crippen MR) is 82.0 cm³/mol. The lowest BCUT2D eigenvalue weighted by atomic mass is 10.1. The number of anilines is 1. The fourth-order valence-electron chi connectivity index (χ4n) is 2.79. The molecule has 0 radical (unpaired) electrons. The monoisotopic (exact) mass is 359 g/mol. The van der Waals surface area contributed by atoms with Crippen LogP contribution >= 0.6 is 7.60 Å². The maximum absolute atomic E-state index is 11.0. The number of hydrogen-bond acceptors (Lipinski definition) is 8. The van der Waals surface area contributed by atoms with E-state index in [-0.39, 0.29) is 12.2 Å². The zero-order valence-corrected chi connectivity index (χ0v) is 13.7. The van der Waals surface area contributed by atoms with Gasteiger partial charge in [0.05, 0.1) is 18.6 Å². The van der Waals surface area contributed by atoms with E-state index in [1.807, 2.05) is 0 Å². The summed E-state index contributed by atoms with van der Waals surface area (Å²) in [6.45, 7) is 0. The Bertz CT molecular complexity index is 778. The lowest BCUT2D eigenvalue weighted by Crippen LogP contribution is -2.33. The quantitative estimate of drug-likeness (QED) is 0.499. The Labute approximate surface area is 136 Å². The van der Waals surface area contributed by atoms with Gasteiger partial charge in [0, 0.05) is 7.11 Å². The van der Waals surface area contributed by atoms with E-state index in [1.54, 1.807) is 4.57 Å².